The molecular weight excluding hydrogens is 712 g/mol. The average Bonchev–Trinajstić information content (AvgIpc) is 3.18. The van der Waals surface area contributed by atoms with Gasteiger partial charge in [-0.15, -0.1) is 0 Å². The van der Waals surface area contributed by atoms with Gasteiger partial charge < -0.3 is 45.6 Å². The van der Waals surface area contributed by atoms with Crippen LogP contribution < -0.4 is 26.0 Å². The average molecular weight is 785 g/mol. The van der Waals surface area contributed by atoms with Gasteiger partial charge in [0.25, 0.3) is 0 Å². The number of urea groups is 2. The van der Waals surface area contributed by atoms with Crippen LogP contribution in [0.15, 0.2) is 48.5 Å². The molecule has 2 aromatic rings. The number of likely N-dealkylation sites (tertiary alicyclic amines) is 2. The highest BCUT2D eigenvalue weighted by Gasteiger charge is 2.43. The molecule has 0 bridgehead atoms. The van der Waals surface area contributed by atoms with Gasteiger partial charge in [-0.05, 0) is 108 Å². The van der Waals surface area contributed by atoms with Crippen molar-refractivity contribution < 1.29 is 28.6 Å². The van der Waals surface area contributed by atoms with Gasteiger partial charge in [-0.25, -0.2) is 14.0 Å². The first-order valence-corrected chi connectivity index (χ1v) is 21.0. The molecule has 316 valence electrons. The number of rotatable bonds is 19. The minimum absolute atomic E-state index is 0.0331. The Morgan fingerprint density at radius 3 is 1.93 bits per heavy atom. The molecule has 0 radical (unpaired) electrons. The maximum Gasteiger partial charge on any atom is 0.317 e. The Hall–Kier alpha value is -3.45. The van der Waals surface area contributed by atoms with Crippen molar-refractivity contribution in [3.05, 3.63) is 59.9 Å². The number of nitrogens with one attached hydrogen (secondary N) is 4. The van der Waals surface area contributed by atoms with E-state index >= 15 is 0 Å². The van der Waals surface area contributed by atoms with E-state index < -0.39 is 11.4 Å². The topological polar surface area (TPSA) is 127 Å². The lowest BCUT2D eigenvalue weighted by atomic mass is 9.73. The highest BCUT2D eigenvalue weighted by Crippen LogP contribution is 2.44. The Balaban J connectivity index is 0.000000413. The van der Waals surface area contributed by atoms with Crippen molar-refractivity contribution in [3.63, 3.8) is 0 Å². The molecular formula is C44H73FN6O5. The molecule has 56 heavy (non-hydrogen) atoms. The van der Waals surface area contributed by atoms with Crippen LogP contribution in [-0.4, -0.2) is 106 Å². The molecule has 2 heterocycles. The molecule has 4 atom stereocenters. The summed E-state index contributed by atoms with van der Waals surface area (Å²) in [6.07, 6.45) is 9.03. The minimum Gasteiger partial charge on any atom is -0.454 e. The molecule has 0 spiro atoms. The van der Waals surface area contributed by atoms with Gasteiger partial charge in [0.05, 0.1) is 5.60 Å². The normalized spacial score (nSPS) is 18.1. The molecule has 4 rings (SSSR count). The molecule has 2 fully saturated rings. The van der Waals surface area contributed by atoms with Crippen molar-refractivity contribution in [1.29, 1.82) is 0 Å². The molecule has 2 aromatic carbocycles. The Bertz CT molecular complexity index is 1430. The van der Waals surface area contributed by atoms with Gasteiger partial charge in [-0.2, -0.15) is 0 Å². The number of carbonyl (C=O) groups is 2. The second-order valence-corrected chi connectivity index (χ2v) is 16.4. The Labute approximate surface area is 336 Å². The van der Waals surface area contributed by atoms with Gasteiger partial charge in [0.15, 0.2) is 11.6 Å². The summed E-state index contributed by atoms with van der Waals surface area (Å²) in [7, 11) is 5.49. The molecule has 0 unspecified atom stereocenters. The van der Waals surface area contributed by atoms with Crippen LogP contribution in [0, 0.1) is 23.6 Å². The number of amides is 4. The summed E-state index contributed by atoms with van der Waals surface area (Å²) in [5.41, 5.74) is -0.651. The largest absolute Gasteiger partial charge is 0.454 e. The fraction of sp³-hybridized carbons (Fsp3) is 0.682. The van der Waals surface area contributed by atoms with Crippen molar-refractivity contribution in [2.45, 2.75) is 110 Å². The molecule has 0 aromatic heterocycles. The number of para-hydroxylation sites is 2. The first-order chi connectivity index (χ1) is 26.9. The monoisotopic (exact) mass is 785 g/mol. The zero-order valence-electron chi connectivity index (χ0n) is 35.4. The van der Waals surface area contributed by atoms with E-state index in [1.807, 2.05) is 42.1 Å². The number of ether oxygens (including phenoxy) is 2. The molecule has 2 aliphatic rings. The highest BCUT2D eigenvalue weighted by atomic mass is 19.1. The van der Waals surface area contributed by atoms with Gasteiger partial charge in [0, 0.05) is 76.6 Å². The third-order valence-electron chi connectivity index (χ3n) is 10.7. The molecule has 11 nitrogen and oxygen atoms in total. The van der Waals surface area contributed by atoms with Crippen molar-refractivity contribution in [2.24, 2.45) is 17.8 Å². The number of hydrogen-bond acceptors (Lipinski definition) is 7. The Morgan fingerprint density at radius 2 is 1.36 bits per heavy atom. The fourth-order valence-corrected chi connectivity index (χ4v) is 7.96. The van der Waals surface area contributed by atoms with E-state index in [1.54, 1.807) is 31.4 Å². The van der Waals surface area contributed by atoms with Gasteiger partial charge in [-0.1, -0.05) is 58.0 Å². The number of halogens is 1. The number of hydrogen-bond donors (Lipinski definition) is 5. The molecule has 12 heteroatoms. The van der Waals surface area contributed by atoms with Gasteiger partial charge in [0.2, 0.25) is 0 Å². The molecule has 4 amide bonds. The van der Waals surface area contributed by atoms with E-state index in [2.05, 4.69) is 49.0 Å². The molecule has 2 saturated heterocycles. The van der Waals surface area contributed by atoms with Crippen LogP contribution in [-0.2, 0) is 10.3 Å². The van der Waals surface area contributed by atoms with E-state index in [4.69, 9.17) is 9.47 Å². The number of unbranched alkanes of at least 4 members (excludes halogenated alkanes) is 1. The Morgan fingerprint density at radius 1 is 0.804 bits per heavy atom. The van der Waals surface area contributed by atoms with Gasteiger partial charge >= 0.3 is 12.1 Å². The number of piperidine rings is 2. The zero-order valence-corrected chi connectivity index (χ0v) is 35.4. The second-order valence-electron chi connectivity index (χ2n) is 16.4. The molecule has 0 saturated carbocycles. The van der Waals surface area contributed by atoms with E-state index in [0.717, 1.165) is 71.0 Å². The van der Waals surface area contributed by atoms with Gasteiger partial charge in [0.1, 0.15) is 5.75 Å². The van der Waals surface area contributed by atoms with E-state index in [1.165, 1.54) is 12.5 Å². The smallest absolute Gasteiger partial charge is 0.317 e. The van der Waals surface area contributed by atoms with Crippen molar-refractivity contribution in [3.8, 4) is 11.5 Å². The predicted octanol–water partition coefficient (Wildman–Crippen LogP) is 7.49. The van der Waals surface area contributed by atoms with Crippen LogP contribution in [0.3, 0.4) is 0 Å². The molecule has 5 N–H and O–H groups in total. The standard InChI is InChI=1S/C31H46FN3O4.C13H27N3O/c1-23(2)20-25(21-33-3)34-30(36)35-18-11-12-24(22-35)31(37,17-9-10-19-38-4)26-13-5-7-15-28(26)39-29-16-8-6-14-27(29)32;1-11(2)9-12(10-14-3)15-13(17)16-7-5-4-6-8-16/h5-8,13-16,23-25,33,37H,9-12,17-22H2,1-4H3,(H,34,36);11-12,14H,4-10H2,1-3H3,(H,15,17)/t24-,25+,31+;12-/m10/s1. The van der Waals surface area contributed by atoms with Crippen LogP contribution in [0.25, 0.3) is 0 Å². The summed E-state index contributed by atoms with van der Waals surface area (Å²) in [5.74, 6) is 0.920. The van der Waals surface area contributed by atoms with Crippen molar-refractivity contribution >= 4 is 12.1 Å². The van der Waals surface area contributed by atoms with E-state index in [-0.39, 0.29) is 35.8 Å². The summed E-state index contributed by atoms with van der Waals surface area (Å²) in [6, 6.07) is 13.9. The van der Waals surface area contributed by atoms with Crippen molar-refractivity contribution in [1.82, 2.24) is 31.1 Å². The summed E-state index contributed by atoms with van der Waals surface area (Å²) in [5, 5.41) is 25.1. The van der Waals surface area contributed by atoms with Crippen LogP contribution in [0.4, 0.5) is 14.0 Å². The highest BCUT2D eigenvalue weighted by molar-refractivity contribution is 5.75. The summed E-state index contributed by atoms with van der Waals surface area (Å²) in [4.78, 5) is 29.2. The number of carbonyl (C=O) groups excluding carboxylic acids is 2. The lowest BCUT2D eigenvalue weighted by Gasteiger charge is -2.43. The summed E-state index contributed by atoms with van der Waals surface area (Å²) in [6.45, 7) is 13.7. The minimum atomic E-state index is -1.27. The van der Waals surface area contributed by atoms with Crippen LogP contribution in [0.5, 0.6) is 11.5 Å². The lowest BCUT2D eigenvalue weighted by Crippen LogP contribution is -2.54. The van der Waals surface area contributed by atoms with Crippen LogP contribution >= 0.6 is 0 Å². The first kappa shape index (κ1) is 46.9. The quantitative estimate of drug-likeness (QED) is 0.0935. The number of aliphatic hydroxyl groups is 1. The fourth-order valence-electron chi connectivity index (χ4n) is 7.96. The third-order valence-corrected chi connectivity index (χ3v) is 10.7. The Kier molecular flexibility index (Phi) is 21.0. The maximum atomic E-state index is 14.5. The summed E-state index contributed by atoms with van der Waals surface area (Å²) >= 11 is 0. The van der Waals surface area contributed by atoms with Crippen LogP contribution in [0.1, 0.15) is 97.5 Å². The second kappa shape index (κ2) is 25.0. The maximum absolute atomic E-state index is 14.5. The number of benzene rings is 2. The SMILES string of the molecule is CNC[C@H](CC(C)C)NC(=O)N1CCCCC1.CNC[C@H](CC(C)C)NC(=O)N1CCC[C@@H]([C@@](O)(CCCCOC)c2ccccc2Oc2ccccc2F)C1. The summed E-state index contributed by atoms with van der Waals surface area (Å²) < 4.78 is 25.7. The molecule has 0 aliphatic carbocycles. The molecule has 2 aliphatic heterocycles. The third kappa shape index (κ3) is 15.5. The number of nitrogens with zero attached hydrogens (tertiary/aromatic N) is 2. The number of likely N-dealkylation sites (N-methyl/N-ethyl adjacent to an activating group) is 2. The lowest BCUT2D eigenvalue weighted by molar-refractivity contribution is -0.0575. The van der Waals surface area contributed by atoms with Gasteiger partial charge in [-0.3, -0.25) is 0 Å². The van der Waals surface area contributed by atoms with Crippen molar-refractivity contribution in [2.75, 3.05) is 67.1 Å². The first-order valence-electron chi connectivity index (χ1n) is 21.0. The predicted molar refractivity (Wildman–Crippen MR) is 224 cm³/mol. The van der Waals surface area contributed by atoms with Crippen LogP contribution in [0.2, 0.25) is 0 Å². The number of methoxy groups -OCH3 is 1. The van der Waals surface area contributed by atoms with E-state index in [9.17, 15) is 19.1 Å². The van der Waals surface area contributed by atoms with E-state index in [0.29, 0.717) is 55.8 Å². The zero-order chi connectivity index (χ0) is 40.9.